The summed E-state index contributed by atoms with van der Waals surface area (Å²) >= 11 is 0. The minimum absolute atomic E-state index is 0.0170. The average Bonchev–Trinajstić information content (AvgIpc) is 3.94. The first kappa shape index (κ1) is 44.7. The van der Waals surface area contributed by atoms with Gasteiger partial charge in [-0.15, -0.1) is 0 Å². The van der Waals surface area contributed by atoms with Crippen molar-refractivity contribution in [2.45, 2.75) is 59.2 Å². The summed E-state index contributed by atoms with van der Waals surface area (Å²) in [6, 6.07) is 26.4. The number of hydrogen-bond acceptors (Lipinski definition) is 10. The van der Waals surface area contributed by atoms with Gasteiger partial charge in [-0.1, -0.05) is 30.3 Å². The zero-order valence-electron chi connectivity index (χ0n) is 34.7. The largest absolute Gasteiger partial charge is 0.489 e. The Bertz CT molecular complexity index is 2980. The van der Waals surface area contributed by atoms with Crippen molar-refractivity contribution >= 4 is 33.7 Å². The second-order valence-corrected chi connectivity index (χ2v) is 15.0. The monoisotopic (exact) mass is 874 g/mol. The van der Waals surface area contributed by atoms with E-state index in [2.05, 4.69) is 22.1 Å². The molecule has 0 aliphatic rings. The minimum Gasteiger partial charge on any atom is -0.489 e. The number of aliphatic carboxylic acids is 1. The van der Waals surface area contributed by atoms with Gasteiger partial charge in [-0.2, -0.15) is 13.2 Å². The van der Waals surface area contributed by atoms with Crippen LogP contribution in [0.4, 0.5) is 17.6 Å². The molecule has 15 heteroatoms. The molecule has 4 aromatic carbocycles. The molecule has 0 amide bonds. The van der Waals surface area contributed by atoms with Crippen LogP contribution in [-0.4, -0.2) is 26.8 Å². The molecule has 0 aliphatic carbocycles. The van der Waals surface area contributed by atoms with Crippen LogP contribution in [0.5, 0.6) is 11.5 Å². The third-order valence-electron chi connectivity index (χ3n) is 10.2. The average molecular weight is 875 g/mol. The van der Waals surface area contributed by atoms with Gasteiger partial charge in [-0.25, -0.2) is 4.39 Å². The molecule has 4 aromatic heterocycles. The molecule has 11 nitrogen and oxygen atoms in total. The van der Waals surface area contributed by atoms with E-state index in [-0.39, 0.29) is 58.9 Å². The predicted octanol–water partition coefficient (Wildman–Crippen LogP) is 10.3. The van der Waals surface area contributed by atoms with E-state index in [1.54, 1.807) is 43.6 Å². The number of nitrogens with two attached hydrogens (primary N) is 2. The topological polar surface area (TPSA) is 177 Å². The van der Waals surface area contributed by atoms with Crippen molar-refractivity contribution in [1.82, 2.24) is 9.97 Å². The van der Waals surface area contributed by atoms with Crippen molar-refractivity contribution in [2.24, 2.45) is 11.5 Å². The molecule has 4 heterocycles. The lowest BCUT2D eigenvalue weighted by molar-refractivity contribution is -0.137. The molecular formula is C49H42F4N4O7. The Hall–Kier alpha value is -7.36. The number of alkyl halides is 3. The number of aromatic nitrogens is 2. The number of carbonyl (C=O) groups is 2. The second kappa shape index (κ2) is 19.4. The fourth-order valence-electron chi connectivity index (χ4n) is 7.22. The smallest absolute Gasteiger partial charge is 0.420 e. The molecule has 0 aliphatic heterocycles. The van der Waals surface area contributed by atoms with Crippen LogP contribution in [0.25, 0.3) is 44.2 Å². The molecule has 328 valence electrons. The van der Waals surface area contributed by atoms with Crippen molar-refractivity contribution in [3.8, 4) is 33.8 Å². The number of halogens is 4. The number of ether oxygens (including phenoxy) is 2. The predicted molar refractivity (Wildman–Crippen MR) is 232 cm³/mol. The zero-order valence-corrected chi connectivity index (χ0v) is 34.7. The van der Waals surface area contributed by atoms with E-state index < -0.39 is 23.5 Å². The van der Waals surface area contributed by atoms with Crippen molar-refractivity contribution in [2.75, 3.05) is 0 Å². The molecule has 8 aromatic rings. The van der Waals surface area contributed by atoms with Crippen molar-refractivity contribution in [3.05, 3.63) is 167 Å². The quantitative estimate of drug-likeness (QED) is 0.0886. The second-order valence-electron chi connectivity index (χ2n) is 15.0. The van der Waals surface area contributed by atoms with E-state index in [4.69, 9.17) is 34.9 Å². The minimum atomic E-state index is -4.70. The molecule has 0 unspecified atom stereocenters. The molecule has 0 spiro atoms. The van der Waals surface area contributed by atoms with Gasteiger partial charge in [0.25, 0.3) is 0 Å². The van der Waals surface area contributed by atoms with Crippen molar-refractivity contribution in [3.63, 3.8) is 0 Å². The summed E-state index contributed by atoms with van der Waals surface area (Å²) in [6.07, 6.45) is 0.723. The number of carboxylic acid groups (broad SMARTS) is 1. The van der Waals surface area contributed by atoms with E-state index in [0.29, 0.717) is 37.0 Å². The van der Waals surface area contributed by atoms with Crippen LogP contribution < -0.4 is 20.9 Å². The molecule has 0 fully saturated rings. The number of benzene rings is 4. The third-order valence-corrected chi connectivity index (χ3v) is 10.2. The normalized spacial score (nSPS) is 11.4. The zero-order chi connectivity index (χ0) is 45.5. The van der Waals surface area contributed by atoms with E-state index in [1.165, 1.54) is 24.4 Å². The highest BCUT2D eigenvalue weighted by Gasteiger charge is 2.35. The molecule has 8 rings (SSSR count). The fourth-order valence-corrected chi connectivity index (χ4v) is 7.22. The van der Waals surface area contributed by atoms with Crippen LogP contribution >= 0.6 is 0 Å². The maximum atomic E-state index is 15.0. The van der Waals surface area contributed by atoms with Crippen LogP contribution in [0.1, 0.15) is 51.7 Å². The maximum absolute atomic E-state index is 15.0. The Morgan fingerprint density at radius 1 is 0.750 bits per heavy atom. The summed E-state index contributed by atoms with van der Waals surface area (Å²) < 4.78 is 78.6. The highest BCUT2D eigenvalue weighted by atomic mass is 19.4. The lowest BCUT2D eigenvalue weighted by Gasteiger charge is -2.13. The van der Waals surface area contributed by atoms with Gasteiger partial charge in [0.1, 0.15) is 53.5 Å². The third kappa shape index (κ3) is 10.3. The van der Waals surface area contributed by atoms with Gasteiger partial charge in [0.2, 0.25) is 0 Å². The number of Topliss-reactive ketones (excluding diaryl/α,β-unsaturated/α-hetero) is 1. The van der Waals surface area contributed by atoms with Gasteiger partial charge in [-0.05, 0) is 96.8 Å². The number of nitrogens with zero attached hydrogens (tertiary/aromatic N) is 2. The number of furan rings is 2. The number of carbonyl (C=O) groups excluding carboxylic acids is 1. The number of rotatable bonds is 14. The van der Waals surface area contributed by atoms with E-state index in [9.17, 15) is 27.2 Å². The number of para-hydroxylation sites is 1. The highest BCUT2D eigenvalue weighted by Crippen LogP contribution is 2.41. The molecule has 64 heavy (non-hydrogen) atoms. The lowest BCUT2D eigenvalue weighted by atomic mass is 9.98. The summed E-state index contributed by atoms with van der Waals surface area (Å²) in [5, 5.41) is 9.84. The Balaban J connectivity index is 0.000000193. The Morgan fingerprint density at radius 2 is 1.47 bits per heavy atom. The van der Waals surface area contributed by atoms with Gasteiger partial charge >= 0.3 is 12.1 Å². The molecule has 0 bridgehead atoms. The number of aryl methyl sites for hydroxylation is 1. The summed E-state index contributed by atoms with van der Waals surface area (Å²) in [6.45, 7) is 3.98. The van der Waals surface area contributed by atoms with E-state index in [1.807, 2.05) is 43.3 Å². The summed E-state index contributed by atoms with van der Waals surface area (Å²) in [5.41, 5.74) is 17.5. The standard InChI is InChI=1S/C25H24N2O3.C24H18F4N2O4/c1-16-3-4-20(10-17(2)28)24(9-16)30-15-18-11-21-6-8-29-25(21)23(12-18)19-5-7-27-22(13-19)14-26;25-22-15(5-6-30-19(22)10-29)16-7-13(8-17-18(24(26,27)28)12-34-23(16)17)11-33-20-4-2-1-3-14(20)9-21(31)32/h3-9,11-13H,10,14-15,26H2,1-2H3;1-8,12H,9-11,29H2,(H,31,32). The first-order valence-corrected chi connectivity index (χ1v) is 20.0. The van der Waals surface area contributed by atoms with Crippen LogP contribution in [-0.2, 0) is 54.9 Å². The lowest BCUT2D eigenvalue weighted by Crippen LogP contribution is -2.06. The Morgan fingerprint density at radius 3 is 2.20 bits per heavy atom. The number of fused-ring (bicyclic) bond motifs is 2. The van der Waals surface area contributed by atoms with Crippen LogP contribution in [0.2, 0.25) is 0 Å². The first-order valence-electron chi connectivity index (χ1n) is 20.0. The van der Waals surface area contributed by atoms with E-state index >= 15 is 0 Å². The highest BCUT2D eigenvalue weighted by molar-refractivity contribution is 5.96. The summed E-state index contributed by atoms with van der Waals surface area (Å²) in [4.78, 5) is 30.9. The van der Waals surface area contributed by atoms with Gasteiger partial charge < -0.3 is 34.9 Å². The first-order chi connectivity index (χ1) is 30.7. The number of pyridine rings is 2. The number of hydrogen-bond donors (Lipinski definition) is 3. The van der Waals surface area contributed by atoms with E-state index in [0.717, 1.165) is 50.2 Å². The van der Waals surface area contributed by atoms with Gasteiger partial charge in [0.05, 0.1) is 24.1 Å². The molecule has 0 saturated carbocycles. The van der Waals surface area contributed by atoms with Crippen molar-refractivity contribution in [1.29, 1.82) is 0 Å². The molecule has 5 N–H and O–H groups in total. The number of ketones is 1. The van der Waals surface area contributed by atoms with Crippen LogP contribution in [0, 0.1) is 12.7 Å². The van der Waals surface area contributed by atoms with Crippen LogP contribution in [0.15, 0.2) is 125 Å². The molecule has 0 saturated heterocycles. The summed E-state index contributed by atoms with van der Waals surface area (Å²) in [7, 11) is 0. The van der Waals surface area contributed by atoms with Gasteiger partial charge in [0.15, 0.2) is 5.82 Å². The Labute approximate surface area is 364 Å². The van der Waals surface area contributed by atoms with Gasteiger partial charge in [0, 0.05) is 70.5 Å². The molecule has 0 atom stereocenters. The fraction of sp³-hybridized carbons (Fsp3) is 0.184. The molecule has 0 radical (unpaired) electrons. The maximum Gasteiger partial charge on any atom is 0.420 e. The van der Waals surface area contributed by atoms with Crippen molar-refractivity contribution < 1.29 is 50.6 Å². The molecular weight excluding hydrogens is 833 g/mol. The van der Waals surface area contributed by atoms with Gasteiger partial charge in [-0.3, -0.25) is 19.6 Å². The number of carboxylic acids is 1. The SMILES string of the molecule is CC(=O)Cc1ccc(C)cc1OCc1cc(-c2ccnc(CN)c2)c2occc2c1.NCc1nccc(-c2cc(COc3ccccc3CC(=O)O)cc3c(C(F)(F)F)coc23)c1F. The van der Waals surface area contributed by atoms with Crippen LogP contribution in [0.3, 0.4) is 0 Å². The Kier molecular flexibility index (Phi) is 13.5. The summed E-state index contributed by atoms with van der Waals surface area (Å²) in [5.74, 6) is -0.694.